The van der Waals surface area contributed by atoms with Crippen molar-refractivity contribution in [1.29, 1.82) is 0 Å². The van der Waals surface area contributed by atoms with E-state index in [-0.39, 0.29) is 12.4 Å². The van der Waals surface area contributed by atoms with Gasteiger partial charge in [0.2, 0.25) is 5.78 Å². The number of carbonyl (C=O) groups is 1. The Hall–Kier alpha value is -0.880. The van der Waals surface area contributed by atoms with Crippen LogP contribution in [-0.2, 0) is 0 Å². The molecule has 0 aliphatic carbocycles. The lowest BCUT2D eigenvalue weighted by Gasteiger charge is -2.04. The molecule has 1 aromatic heterocycles. The van der Waals surface area contributed by atoms with Crippen LogP contribution in [0, 0.1) is 3.57 Å². The van der Waals surface area contributed by atoms with E-state index in [1.165, 1.54) is 11.3 Å². The average Bonchev–Trinajstić information content (AvgIpc) is 2.79. The molecule has 0 spiro atoms. The van der Waals surface area contributed by atoms with Gasteiger partial charge < -0.3 is 4.74 Å². The first-order valence-electron chi connectivity index (χ1n) is 4.71. The lowest BCUT2D eigenvalue weighted by atomic mass is 10.3. The number of halogens is 1. The normalized spacial score (nSPS) is 10.1. The summed E-state index contributed by atoms with van der Waals surface area (Å²) in [5.41, 5.74) is 0. The Morgan fingerprint density at radius 1 is 1.31 bits per heavy atom. The number of ketones is 1. The molecular weight excluding hydrogens is 335 g/mol. The molecule has 0 radical (unpaired) electrons. The second kappa shape index (κ2) is 5.45. The Morgan fingerprint density at radius 2 is 2.19 bits per heavy atom. The van der Waals surface area contributed by atoms with E-state index in [1.54, 1.807) is 0 Å². The fourth-order valence-corrected chi connectivity index (χ4v) is 2.38. The van der Waals surface area contributed by atoms with Crippen LogP contribution in [0.15, 0.2) is 41.8 Å². The van der Waals surface area contributed by atoms with E-state index in [0.29, 0.717) is 0 Å². The molecule has 2 nitrogen and oxygen atoms in total. The predicted molar refractivity (Wildman–Crippen MR) is 73.3 cm³/mol. The van der Waals surface area contributed by atoms with E-state index in [9.17, 15) is 4.79 Å². The number of thiophene rings is 1. The highest BCUT2D eigenvalue weighted by Gasteiger charge is 2.07. The molecule has 0 amide bonds. The van der Waals surface area contributed by atoms with Crippen molar-refractivity contribution in [3.8, 4) is 5.75 Å². The zero-order valence-corrected chi connectivity index (χ0v) is 11.3. The van der Waals surface area contributed by atoms with Crippen LogP contribution in [0.1, 0.15) is 9.67 Å². The van der Waals surface area contributed by atoms with Gasteiger partial charge in [0.1, 0.15) is 5.75 Å². The molecule has 4 heteroatoms. The summed E-state index contributed by atoms with van der Waals surface area (Å²) in [7, 11) is 0. The number of hydrogen-bond acceptors (Lipinski definition) is 3. The van der Waals surface area contributed by atoms with Crippen molar-refractivity contribution >= 4 is 39.7 Å². The van der Waals surface area contributed by atoms with Gasteiger partial charge in [-0.1, -0.05) is 12.1 Å². The molecular formula is C12H9IO2S. The molecule has 0 aliphatic rings. The van der Waals surface area contributed by atoms with E-state index in [2.05, 4.69) is 22.6 Å². The summed E-state index contributed by atoms with van der Waals surface area (Å²) in [6.45, 7) is 0.0978. The van der Waals surface area contributed by atoms with Gasteiger partial charge in [-0.2, -0.15) is 0 Å². The summed E-state index contributed by atoms with van der Waals surface area (Å²) in [5.74, 6) is 0.755. The Labute approximate surface area is 111 Å². The molecule has 0 bridgehead atoms. The van der Waals surface area contributed by atoms with Gasteiger partial charge in [-0.3, -0.25) is 4.79 Å². The summed E-state index contributed by atoms with van der Waals surface area (Å²) < 4.78 is 6.52. The molecule has 0 N–H and O–H groups in total. The zero-order chi connectivity index (χ0) is 11.4. The van der Waals surface area contributed by atoms with Crippen LogP contribution in [0.3, 0.4) is 0 Å². The highest BCUT2D eigenvalue weighted by Crippen LogP contribution is 2.16. The van der Waals surface area contributed by atoms with Crippen molar-refractivity contribution in [2.45, 2.75) is 0 Å². The third kappa shape index (κ3) is 3.05. The van der Waals surface area contributed by atoms with Crippen LogP contribution in [0.25, 0.3) is 0 Å². The van der Waals surface area contributed by atoms with Gasteiger partial charge in [-0.05, 0) is 52.2 Å². The quantitative estimate of drug-likeness (QED) is 0.626. The van der Waals surface area contributed by atoms with Gasteiger partial charge in [0.25, 0.3) is 0 Å². The first kappa shape index (κ1) is 11.6. The fourth-order valence-electron chi connectivity index (χ4n) is 1.21. The summed E-state index contributed by atoms with van der Waals surface area (Å²) in [4.78, 5) is 12.4. The maximum atomic E-state index is 11.6. The van der Waals surface area contributed by atoms with Crippen LogP contribution in [0.4, 0.5) is 0 Å². The summed E-state index contributed by atoms with van der Waals surface area (Å²) in [6.07, 6.45) is 0. The number of benzene rings is 1. The molecule has 1 aromatic carbocycles. The first-order valence-corrected chi connectivity index (χ1v) is 6.66. The van der Waals surface area contributed by atoms with E-state index < -0.39 is 0 Å². The Bertz CT molecular complexity index is 480. The minimum Gasteiger partial charge on any atom is -0.485 e. The summed E-state index contributed by atoms with van der Waals surface area (Å²) in [6, 6.07) is 11.3. The van der Waals surface area contributed by atoms with Crippen molar-refractivity contribution in [2.75, 3.05) is 6.61 Å². The first-order chi connectivity index (χ1) is 7.75. The van der Waals surface area contributed by atoms with Crippen LogP contribution in [0.5, 0.6) is 5.75 Å². The van der Waals surface area contributed by atoms with Crippen molar-refractivity contribution in [3.63, 3.8) is 0 Å². The summed E-state index contributed by atoms with van der Waals surface area (Å²) in [5, 5.41) is 1.89. The van der Waals surface area contributed by atoms with Crippen molar-refractivity contribution in [1.82, 2.24) is 0 Å². The van der Waals surface area contributed by atoms with Gasteiger partial charge in [-0.25, -0.2) is 0 Å². The highest BCUT2D eigenvalue weighted by atomic mass is 127. The largest absolute Gasteiger partial charge is 0.485 e. The fraction of sp³-hybridized carbons (Fsp3) is 0.0833. The van der Waals surface area contributed by atoms with E-state index in [4.69, 9.17) is 4.74 Å². The van der Waals surface area contributed by atoms with Gasteiger partial charge in [-0.15, -0.1) is 11.3 Å². The van der Waals surface area contributed by atoms with Gasteiger partial charge in [0.05, 0.1) is 4.88 Å². The minimum absolute atomic E-state index is 0.0221. The lowest BCUT2D eigenvalue weighted by Crippen LogP contribution is -2.09. The molecule has 0 atom stereocenters. The molecule has 82 valence electrons. The molecule has 2 rings (SSSR count). The van der Waals surface area contributed by atoms with Gasteiger partial charge in [0, 0.05) is 3.57 Å². The molecule has 0 aliphatic heterocycles. The number of Topliss-reactive ketones (excluding diaryl/α,β-unsaturated/α-hetero) is 1. The second-order valence-electron chi connectivity index (χ2n) is 3.15. The number of ether oxygens (including phenoxy) is 1. The highest BCUT2D eigenvalue weighted by molar-refractivity contribution is 14.1. The van der Waals surface area contributed by atoms with Crippen LogP contribution < -0.4 is 4.74 Å². The Morgan fingerprint density at radius 3 is 2.88 bits per heavy atom. The van der Waals surface area contributed by atoms with Crippen molar-refractivity contribution in [2.24, 2.45) is 0 Å². The smallest absolute Gasteiger partial charge is 0.210 e. The summed E-state index contributed by atoms with van der Waals surface area (Å²) >= 11 is 3.65. The molecule has 0 unspecified atom stereocenters. The molecule has 0 fully saturated rings. The standard InChI is InChI=1S/C12H9IO2S/c13-9-3-1-4-10(7-9)15-8-11(14)12-5-2-6-16-12/h1-7H,8H2. The van der Waals surface area contributed by atoms with Crippen LogP contribution in [0.2, 0.25) is 0 Å². The third-order valence-electron chi connectivity index (χ3n) is 1.96. The van der Waals surface area contributed by atoms with E-state index in [1.807, 2.05) is 41.8 Å². The topological polar surface area (TPSA) is 26.3 Å². The maximum absolute atomic E-state index is 11.6. The number of carbonyl (C=O) groups excluding carboxylic acids is 1. The Kier molecular flexibility index (Phi) is 3.95. The molecule has 16 heavy (non-hydrogen) atoms. The SMILES string of the molecule is O=C(COc1cccc(I)c1)c1cccs1. The van der Waals surface area contributed by atoms with Crippen molar-refractivity contribution in [3.05, 3.63) is 50.2 Å². The molecule has 2 aromatic rings. The van der Waals surface area contributed by atoms with E-state index in [0.717, 1.165) is 14.2 Å². The number of rotatable bonds is 4. The number of hydrogen-bond donors (Lipinski definition) is 0. The zero-order valence-electron chi connectivity index (χ0n) is 8.35. The lowest BCUT2D eigenvalue weighted by molar-refractivity contribution is 0.0925. The van der Waals surface area contributed by atoms with Crippen LogP contribution in [-0.4, -0.2) is 12.4 Å². The average molecular weight is 344 g/mol. The Balaban J connectivity index is 1.95. The second-order valence-corrected chi connectivity index (χ2v) is 5.34. The van der Waals surface area contributed by atoms with Gasteiger partial charge >= 0.3 is 0 Å². The maximum Gasteiger partial charge on any atom is 0.210 e. The van der Waals surface area contributed by atoms with Gasteiger partial charge in [0.15, 0.2) is 6.61 Å². The molecule has 0 saturated carbocycles. The van der Waals surface area contributed by atoms with Crippen molar-refractivity contribution < 1.29 is 9.53 Å². The predicted octanol–water partition coefficient (Wildman–Crippen LogP) is 3.61. The van der Waals surface area contributed by atoms with E-state index >= 15 is 0 Å². The van der Waals surface area contributed by atoms with Crippen LogP contribution >= 0.6 is 33.9 Å². The molecule has 0 saturated heterocycles. The third-order valence-corrected chi connectivity index (χ3v) is 3.54. The minimum atomic E-state index is 0.0221. The molecule has 1 heterocycles. The monoisotopic (exact) mass is 344 g/mol.